The van der Waals surface area contributed by atoms with E-state index in [1.807, 2.05) is 31.2 Å². The lowest BCUT2D eigenvalue weighted by atomic mass is 10.2. The molecule has 1 atom stereocenters. The Balaban J connectivity index is 2.08. The fourth-order valence-corrected chi connectivity index (χ4v) is 2.43. The van der Waals surface area contributed by atoms with Gasteiger partial charge in [-0.2, -0.15) is 5.26 Å². The number of hydrogen-bond donors (Lipinski definition) is 1. The molecule has 2 aromatic rings. The molecule has 1 heterocycles. The molecule has 120 valence electrons. The Kier molecular flexibility index (Phi) is 5.77. The van der Waals surface area contributed by atoms with Gasteiger partial charge in [0, 0.05) is 13.6 Å². The average Bonchev–Trinajstić information content (AvgIpc) is 2.57. The Morgan fingerprint density at radius 1 is 1.52 bits per heavy atom. The molecule has 1 aromatic carbocycles. The van der Waals surface area contributed by atoms with Gasteiger partial charge in [0.25, 0.3) is 5.56 Å². The summed E-state index contributed by atoms with van der Waals surface area (Å²) >= 11 is 3.25. The number of halogens is 1. The van der Waals surface area contributed by atoms with E-state index >= 15 is 0 Å². The van der Waals surface area contributed by atoms with E-state index < -0.39 is 6.10 Å². The van der Waals surface area contributed by atoms with Crippen molar-refractivity contribution in [3.05, 3.63) is 51.0 Å². The van der Waals surface area contributed by atoms with Gasteiger partial charge in [-0.25, -0.2) is 4.98 Å². The summed E-state index contributed by atoms with van der Waals surface area (Å²) in [6, 6.07) is 9.58. The monoisotopic (exact) mass is 376 g/mol. The molecule has 0 aliphatic carbocycles. The molecule has 0 radical (unpaired) electrons. The zero-order chi connectivity index (χ0) is 16.8. The molecule has 1 aromatic heterocycles. The summed E-state index contributed by atoms with van der Waals surface area (Å²) in [6.07, 6.45) is 1.64. The molecule has 1 unspecified atom stereocenters. The molecule has 0 spiro atoms. The molecular formula is C16H17BrN4O2. The van der Waals surface area contributed by atoms with Gasteiger partial charge in [0.1, 0.15) is 22.1 Å². The number of nitrogens with zero attached hydrogens (tertiary/aromatic N) is 3. The van der Waals surface area contributed by atoms with E-state index in [-0.39, 0.29) is 5.56 Å². The zero-order valence-electron chi connectivity index (χ0n) is 12.9. The number of aromatic nitrogens is 2. The van der Waals surface area contributed by atoms with Gasteiger partial charge in [-0.05, 0) is 40.0 Å². The highest BCUT2D eigenvalue weighted by Crippen LogP contribution is 2.18. The Hall–Kier alpha value is -2.33. The summed E-state index contributed by atoms with van der Waals surface area (Å²) in [5.74, 6) is 1.14. The lowest BCUT2D eigenvalue weighted by Crippen LogP contribution is -2.19. The molecule has 0 saturated heterocycles. The fourth-order valence-electron chi connectivity index (χ4n) is 1.91. The van der Waals surface area contributed by atoms with Crippen LogP contribution in [0.15, 0.2) is 39.9 Å². The van der Waals surface area contributed by atoms with Gasteiger partial charge in [-0.15, -0.1) is 0 Å². The van der Waals surface area contributed by atoms with Gasteiger partial charge < -0.3 is 14.6 Å². The van der Waals surface area contributed by atoms with Crippen molar-refractivity contribution in [2.75, 3.05) is 5.32 Å². The van der Waals surface area contributed by atoms with Gasteiger partial charge in [0.15, 0.2) is 6.10 Å². The number of benzene rings is 1. The third-order valence-electron chi connectivity index (χ3n) is 3.23. The average molecular weight is 377 g/mol. The molecule has 0 aliphatic heterocycles. The highest BCUT2D eigenvalue weighted by Gasteiger charge is 2.08. The maximum atomic E-state index is 11.8. The lowest BCUT2D eigenvalue weighted by molar-refractivity contribution is 0.251. The smallest absolute Gasteiger partial charge is 0.269 e. The van der Waals surface area contributed by atoms with Gasteiger partial charge in [-0.3, -0.25) is 4.79 Å². The van der Waals surface area contributed by atoms with Crippen LogP contribution in [0, 0.1) is 11.3 Å². The first-order valence-electron chi connectivity index (χ1n) is 7.15. The first-order valence-corrected chi connectivity index (χ1v) is 7.94. The van der Waals surface area contributed by atoms with Gasteiger partial charge in [0.05, 0.1) is 6.33 Å². The minimum atomic E-state index is -0.453. The van der Waals surface area contributed by atoms with E-state index in [0.717, 1.165) is 5.56 Å². The van der Waals surface area contributed by atoms with E-state index in [9.17, 15) is 4.79 Å². The van der Waals surface area contributed by atoms with Crippen LogP contribution in [0.2, 0.25) is 0 Å². The number of rotatable bonds is 6. The van der Waals surface area contributed by atoms with Crippen LogP contribution in [0.3, 0.4) is 0 Å². The topological polar surface area (TPSA) is 79.9 Å². The summed E-state index contributed by atoms with van der Waals surface area (Å²) in [4.78, 5) is 16.0. The number of hydrogen-bond acceptors (Lipinski definition) is 5. The molecular weight excluding hydrogens is 360 g/mol. The third-order valence-corrected chi connectivity index (χ3v) is 3.94. The highest BCUT2D eigenvalue weighted by molar-refractivity contribution is 9.10. The normalized spacial score (nSPS) is 11.6. The minimum absolute atomic E-state index is 0.153. The van der Waals surface area contributed by atoms with Crippen LogP contribution in [-0.4, -0.2) is 15.7 Å². The second-order valence-corrected chi connectivity index (χ2v) is 5.76. The molecule has 7 heteroatoms. The zero-order valence-corrected chi connectivity index (χ0v) is 14.5. The molecule has 0 saturated carbocycles. The largest absolute Gasteiger partial charge is 0.476 e. The van der Waals surface area contributed by atoms with Crippen molar-refractivity contribution in [2.24, 2.45) is 7.05 Å². The second kappa shape index (κ2) is 7.79. The molecule has 0 fully saturated rings. The van der Waals surface area contributed by atoms with Gasteiger partial charge in [0.2, 0.25) is 0 Å². The van der Waals surface area contributed by atoms with Crippen molar-refractivity contribution in [1.29, 1.82) is 5.26 Å². The minimum Gasteiger partial charge on any atom is -0.476 e. The van der Waals surface area contributed by atoms with Crippen LogP contribution >= 0.6 is 15.9 Å². The summed E-state index contributed by atoms with van der Waals surface area (Å²) in [6.45, 7) is 2.39. The second-order valence-electron chi connectivity index (χ2n) is 4.97. The van der Waals surface area contributed by atoms with E-state index in [1.54, 1.807) is 7.05 Å². The molecule has 23 heavy (non-hydrogen) atoms. The van der Waals surface area contributed by atoms with Crippen LogP contribution in [0.1, 0.15) is 18.9 Å². The summed E-state index contributed by atoms with van der Waals surface area (Å²) in [5, 5.41) is 12.1. The first kappa shape index (κ1) is 17.0. The predicted octanol–water partition coefficient (Wildman–Crippen LogP) is 2.84. The Bertz CT molecular complexity index is 782. The standard InChI is InChI=1S/C16H17BrN4O2/c1-3-12(8-18)23-13-6-4-5-11(7-13)9-19-15-14(17)16(22)21(2)10-20-15/h4-7,10,12,19H,3,9H2,1-2H3. The van der Waals surface area contributed by atoms with Gasteiger partial charge >= 0.3 is 0 Å². The Labute approximate surface area is 142 Å². The summed E-state index contributed by atoms with van der Waals surface area (Å²) in [5.41, 5.74) is 0.809. The van der Waals surface area contributed by atoms with Crippen LogP contribution in [0.25, 0.3) is 0 Å². The number of aryl methyl sites for hydroxylation is 1. The van der Waals surface area contributed by atoms with Crippen molar-refractivity contribution < 1.29 is 4.74 Å². The summed E-state index contributed by atoms with van der Waals surface area (Å²) in [7, 11) is 1.64. The lowest BCUT2D eigenvalue weighted by Gasteiger charge is -2.12. The molecule has 0 amide bonds. The number of nitriles is 1. The Morgan fingerprint density at radius 3 is 3.00 bits per heavy atom. The van der Waals surface area contributed by atoms with Crippen LogP contribution < -0.4 is 15.6 Å². The van der Waals surface area contributed by atoms with Crippen molar-refractivity contribution >= 4 is 21.7 Å². The number of nitrogens with one attached hydrogen (secondary N) is 1. The molecule has 0 aliphatic rings. The molecule has 6 nitrogen and oxygen atoms in total. The van der Waals surface area contributed by atoms with Crippen molar-refractivity contribution in [3.63, 3.8) is 0 Å². The van der Waals surface area contributed by atoms with Crippen molar-refractivity contribution in [1.82, 2.24) is 9.55 Å². The van der Waals surface area contributed by atoms with E-state index in [0.29, 0.717) is 29.0 Å². The Morgan fingerprint density at radius 2 is 2.30 bits per heavy atom. The fraction of sp³-hybridized carbons (Fsp3) is 0.312. The van der Waals surface area contributed by atoms with Crippen LogP contribution in [0.5, 0.6) is 5.75 Å². The third kappa shape index (κ3) is 4.33. The van der Waals surface area contributed by atoms with Crippen LogP contribution in [-0.2, 0) is 13.6 Å². The van der Waals surface area contributed by atoms with Gasteiger partial charge in [-0.1, -0.05) is 19.1 Å². The first-order chi connectivity index (χ1) is 11.0. The van der Waals surface area contributed by atoms with Crippen LogP contribution in [0.4, 0.5) is 5.82 Å². The number of ether oxygens (including phenoxy) is 1. The SMILES string of the molecule is CCC(C#N)Oc1cccc(CNc2ncn(C)c(=O)c2Br)c1. The predicted molar refractivity (Wildman–Crippen MR) is 91.3 cm³/mol. The van der Waals surface area contributed by atoms with Crippen molar-refractivity contribution in [2.45, 2.75) is 26.0 Å². The van der Waals surface area contributed by atoms with Crippen molar-refractivity contribution in [3.8, 4) is 11.8 Å². The molecule has 1 N–H and O–H groups in total. The number of anilines is 1. The summed E-state index contributed by atoms with van der Waals surface area (Å²) < 4.78 is 7.39. The van der Waals surface area contributed by atoms with E-state index in [4.69, 9.17) is 10.00 Å². The molecule has 2 rings (SSSR count). The quantitative estimate of drug-likeness (QED) is 0.838. The van der Waals surface area contributed by atoms with E-state index in [2.05, 4.69) is 32.3 Å². The molecule has 0 bridgehead atoms. The maximum Gasteiger partial charge on any atom is 0.269 e. The highest BCUT2D eigenvalue weighted by atomic mass is 79.9. The van der Waals surface area contributed by atoms with E-state index in [1.165, 1.54) is 10.9 Å². The maximum absolute atomic E-state index is 11.8.